The van der Waals surface area contributed by atoms with E-state index in [2.05, 4.69) is 0 Å². The first-order chi connectivity index (χ1) is 8.90. The second kappa shape index (κ2) is 4.76. The molecule has 2 aromatic rings. The number of halogens is 3. The molecule has 0 saturated heterocycles. The molecule has 0 fully saturated rings. The molecule has 98 valence electrons. The summed E-state index contributed by atoms with van der Waals surface area (Å²) < 4.78 is 39.6. The van der Waals surface area contributed by atoms with Gasteiger partial charge in [-0.05, 0) is 36.8 Å². The van der Waals surface area contributed by atoms with Gasteiger partial charge >= 0.3 is 0 Å². The van der Waals surface area contributed by atoms with E-state index in [1.165, 1.54) is 13.0 Å². The van der Waals surface area contributed by atoms with Crippen molar-refractivity contribution in [3.8, 4) is 0 Å². The first kappa shape index (κ1) is 13.1. The minimum absolute atomic E-state index is 0.0219. The largest absolute Gasteiger partial charge is 0.398 e. The van der Waals surface area contributed by atoms with E-state index >= 15 is 0 Å². The summed E-state index contributed by atoms with van der Waals surface area (Å²) >= 11 is 0. The highest BCUT2D eigenvalue weighted by Crippen LogP contribution is 2.21. The van der Waals surface area contributed by atoms with E-state index in [1.807, 2.05) is 0 Å². The standard InChI is InChI=1S/C14H10F3NO/c1-7-4-10(12(17)6-11(7)16)14(19)9-3-2-8(15)5-13(9)18/h2-6H,18H2,1H3. The maximum Gasteiger partial charge on any atom is 0.198 e. The van der Waals surface area contributed by atoms with Crippen LogP contribution in [0.25, 0.3) is 0 Å². The molecule has 0 unspecified atom stereocenters. The van der Waals surface area contributed by atoms with Crippen molar-refractivity contribution in [2.75, 3.05) is 5.73 Å². The Labute approximate surface area is 107 Å². The van der Waals surface area contributed by atoms with Gasteiger partial charge in [0.25, 0.3) is 0 Å². The second-order valence-corrected chi connectivity index (χ2v) is 4.14. The van der Waals surface area contributed by atoms with E-state index in [-0.39, 0.29) is 22.4 Å². The zero-order valence-electron chi connectivity index (χ0n) is 10.0. The highest BCUT2D eigenvalue weighted by Gasteiger charge is 2.18. The summed E-state index contributed by atoms with van der Waals surface area (Å²) in [4.78, 5) is 12.1. The third-order valence-electron chi connectivity index (χ3n) is 2.75. The number of nitrogen functional groups attached to an aromatic ring is 1. The van der Waals surface area contributed by atoms with Crippen molar-refractivity contribution >= 4 is 11.5 Å². The van der Waals surface area contributed by atoms with Gasteiger partial charge < -0.3 is 5.73 Å². The third kappa shape index (κ3) is 2.45. The molecule has 0 spiro atoms. The molecule has 5 heteroatoms. The molecule has 19 heavy (non-hydrogen) atoms. The van der Waals surface area contributed by atoms with Gasteiger partial charge in [-0.15, -0.1) is 0 Å². The van der Waals surface area contributed by atoms with Gasteiger partial charge in [0.1, 0.15) is 17.5 Å². The molecule has 0 radical (unpaired) electrons. The van der Waals surface area contributed by atoms with Gasteiger partial charge in [-0.3, -0.25) is 4.79 Å². The first-order valence-corrected chi connectivity index (χ1v) is 5.45. The van der Waals surface area contributed by atoms with Crippen LogP contribution in [0, 0.1) is 24.4 Å². The number of rotatable bonds is 2. The van der Waals surface area contributed by atoms with Gasteiger partial charge in [-0.1, -0.05) is 0 Å². The maximum absolute atomic E-state index is 13.6. The molecule has 0 aliphatic rings. The molecule has 0 heterocycles. The summed E-state index contributed by atoms with van der Waals surface area (Å²) in [6, 6.07) is 4.95. The molecule has 0 amide bonds. The highest BCUT2D eigenvalue weighted by atomic mass is 19.1. The van der Waals surface area contributed by atoms with Gasteiger partial charge in [-0.2, -0.15) is 0 Å². The van der Waals surface area contributed by atoms with Gasteiger partial charge in [0.05, 0.1) is 5.56 Å². The molecule has 0 atom stereocenters. The van der Waals surface area contributed by atoms with Crippen LogP contribution in [0.2, 0.25) is 0 Å². The van der Waals surface area contributed by atoms with E-state index < -0.39 is 23.2 Å². The number of hydrogen-bond acceptors (Lipinski definition) is 2. The average molecular weight is 265 g/mol. The second-order valence-electron chi connectivity index (χ2n) is 4.14. The fourth-order valence-corrected chi connectivity index (χ4v) is 1.72. The lowest BCUT2D eigenvalue weighted by Gasteiger charge is -2.07. The summed E-state index contributed by atoms with van der Waals surface area (Å²) in [5.74, 6) is -3.01. The summed E-state index contributed by atoms with van der Waals surface area (Å²) in [6.07, 6.45) is 0. The molecule has 2 aromatic carbocycles. The molecular formula is C14H10F3NO. The van der Waals surface area contributed by atoms with Crippen molar-refractivity contribution in [1.29, 1.82) is 0 Å². The number of nitrogens with two attached hydrogens (primary N) is 1. The number of carbonyl (C=O) groups is 1. The summed E-state index contributed by atoms with van der Waals surface area (Å²) in [6.45, 7) is 1.42. The molecular weight excluding hydrogens is 255 g/mol. The lowest BCUT2D eigenvalue weighted by molar-refractivity contribution is 0.103. The van der Waals surface area contributed by atoms with Crippen LogP contribution in [0.4, 0.5) is 18.9 Å². The Bertz CT molecular complexity index is 668. The summed E-state index contributed by atoms with van der Waals surface area (Å²) in [5, 5.41) is 0. The van der Waals surface area contributed by atoms with Crippen molar-refractivity contribution in [3.63, 3.8) is 0 Å². The molecule has 0 saturated carbocycles. The third-order valence-corrected chi connectivity index (χ3v) is 2.75. The van der Waals surface area contributed by atoms with Crippen LogP contribution in [0.1, 0.15) is 21.5 Å². The number of benzene rings is 2. The minimum atomic E-state index is -0.975. The van der Waals surface area contributed by atoms with Crippen molar-refractivity contribution in [1.82, 2.24) is 0 Å². The maximum atomic E-state index is 13.6. The lowest BCUT2D eigenvalue weighted by atomic mass is 9.99. The number of anilines is 1. The Balaban J connectivity index is 2.53. The van der Waals surface area contributed by atoms with Crippen molar-refractivity contribution in [3.05, 3.63) is 64.5 Å². The van der Waals surface area contributed by atoms with Crippen LogP contribution >= 0.6 is 0 Å². The number of carbonyl (C=O) groups excluding carboxylic acids is 1. The van der Waals surface area contributed by atoms with Crippen molar-refractivity contribution in [2.45, 2.75) is 6.92 Å². The quantitative estimate of drug-likeness (QED) is 0.669. The predicted molar refractivity (Wildman–Crippen MR) is 65.3 cm³/mol. The zero-order chi connectivity index (χ0) is 14.2. The molecule has 0 aliphatic carbocycles. The first-order valence-electron chi connectivity index (χ1n) is 5.45. The van der Waals surface area contributed by atoms with Crippen LogP contribution in [-0.4, -0.2) is 5.78 Å². The zero-order valence-corrected chi connectivity index (χ0v) is 10.0. The Hall–Kier alpha value is -2.30. The lowest BCUT2D eigenvalue weighted by Crippen LogP contribution is -2.09. The van der Waals surface area contributed by atoms with Gasteiger partial charge in [-0.25, -0.2) is 13.2 Å². The van der Waals surface area contributed by atoms with Crippen LogP contribution in [0.3, 0.4) is 0 Å². The van der Waals surface area contributed by atoms with E-state index in [9.17, 15) is 18.0 Å². The van der Waals surface area contributed by atoms with Gasteiger partial charge in [0.15, 0.2) is 5.78 Å². The van der Waals surface area contributed by atoms with E-state index in [0.29, 0.717) is 6.07 Å². The fraction of sp³-hybridized carbons (Fsp3) is 0.0714. The van der Waals surface area contributed by atoms with E-state index in [1.54, 1.807) is 0 Å². The molecule has 2 rings (SSSR count). The molecule has 2 N–H and O–H groups in total. The van der Waals surface area contributed by atoms with Crippen molar-refractivity contribution < 1.29 is 18.0 Å². The fourth-order valence-electron chi connectivity index (χ4n) is 1.72. The normalized spacial score (nSPS) is 10.5. The SMILES string of the molecule is Cc1cc(C(=O)c2ccc(F)cc2N)c(F)cc1F. The Morgan fingerprint density at radius 1 is 1.00 bits per heavy atom. The number of aryl methyl sites for hydroxylation is 1. The summed E-state index contributed by atoms with van der Waals surface area (Å²) in [5.41, 5.74) is 5.26. The predicted octanol–water partition coefficient (Wildman–Crippen LogP) is 3.23. The highest BCUT2D eigenvalue weighted by molar-refractivity contribution is 6.12. The van der Waals surface area contributed by atoms with Crippen LogP contribution in [0.5, 0.6) is 0 Å². The molecule has 0 aromatic heterocycles. The Morgan fingerprint density at radius 2 is 1.68 bits per heavy atom. The molecule has 2 nitrogen and oxygen atoms in total. The smallest absolute Gasteiger partial charge is 0.198 e. The van der Waals surface area contributed by atoms with Crippen LogP contribution in [-0.2, 0) is 0 Å². The Morgan fingerprint density at radius 3 is 2.32 bits per heavy atom. The van der Waals surface area contributed by atoms with Crippen LogP contribution < -0.4 is 5.73 Å². The molecule has 0 bridgehead atoms. The monoisotopic (exact) mass is 265 g/mol. The van der Waals surface area contributed by atoms with Crippen molar-refractivity contribution in [2.24, 2.45) is 0 Å². The van der Waals surface area contributed by atoms with Crippen LogP contribution in [0.15, 0.2) is 30.3 Å². The molecule has 0 aliphatic heterocycles. The Kier molecular flexibility index (Phi) is 3.29. The average Bonchev–Trinajstić information content (AvgIpc) is 2.33. The topological polar surface area (TPSA) is 43.1 Å². The van der Waals surface area contributed by atoms with E-state index in [4.69, 9.17) is 5.73 Å². The minimum Gasteiger partial charge on any atom is -0.398 e. The number of hydrogen-bond donors (Lipinski definition) is 1. The summed E-state index contributed by atoms with van der Waals surface area (Å²) in [7, 11) is 0. The van der Waals surface area contributed by atoms with E-state index in [0.717, 1.165) is 18.2 Å². The van der Waals surface area contributed by atoms with Gasteiger partial charge in [0.2, 0.25) is 0 Å². The number of ketones is 1. The van der Waals surface area contributed by atoms with Gasteiger partial charge in [0, 0.05) is 17.3 Å².